The highest BCUT2D eigenvalue weighted by Gasteiger charge is 2.18. The molecule has 0 atom stereocenters. The number of benzene rings is 1. The summed E-state index contributed by atoms with van der Waals surface area (Å²) in [5, 5.41) is 9.36. The standard InChI is InChI=1S/C11H8Cl2N2O3S/c12-8-3-4-14-6-11(8)19(17,18)15-7-1-2-10(16)9(13)5-7/h1-6,15-16H. The molecule has 2 aromatic rings. The van der Waals surface area contributed by atoms with Crippen molar-refractivity contribution in [2.45, 2.75) is 4.90 Å². The maximum atomic E-state index is 12.1. The summed E-state index contributed by atoms with van der Waals surface area (Å²) in [5.41, 5.74) is 0.211. The molecule has 1 heterocycles. The van der Waals surface area contributed by atoms with Crippen molar-refractivity contribution < 1.29 is 13.5 Å². The van der Waals surface area contributed by atoms with E-state index < -0.39 is 10.0 Å². The van der Waals surface area contributed by atoms with Crippen molar-refractivity contribution in [3.8, 4) is 5.75 Å². The molecule has 0 radical (unpaired) electrons. The minimum atomic E-state index is -3.86. The van der Waals surface area contributed by atoms with E-state index in [4.69, 9.17) is 23.2 Å². The number of rotatable bonds is 3. The second-order valence-corrected chi connectivity index (χ2v) is 6.04. The summed E-state index contributed by atoms with van der Waals surface area (Å²) in [6.07, 6.45) is 2.53. The number of nitrogens with one attached hydrogen (secondary N) is 1. The number of sulfonamides is 1. The number of hydrogen-bond acceptors (Lipinski definition) is 4. The lowest BCUT2D eigenvalue weighted by Crippen LogP contribution is -2.13. The van der Waals surface area contributed by atoms with E-state index in [0.717, 1.165) is 6.20 Å². The summed E-state index contributed by atoms with van der Waals surface area (Å²) in [4.78, 5) is 3.58. The molecular weight excluding hydrogens is 311 g/mol. The summed E-state index contributed by atoms with van der Waals surface area (Å²) in [5.74, 6) is -0.135. The van der Waals surface area contributed by atoms with Crippen LogP contribution in [0.25, 0.3) is 0 Å². The molecule has 0 saturated heterocycles. The van der Waals surface area contributed by atoms with Crippen molar-refractivity contribution in [3.05, 3.63) is 46.7 Å². The number of pyridine rings is 1. The van der Waals surface area contributed by atoms with Crippen molar-refractivity contribution in [2.24, 2.45) is 0 Å². The monoisotopic (exact) mass is 318 g/mol. The number of halogens is 2. The Hall–Kier alpha value is -1.50. The Labute approximate surface area is 119 Å². The van der Waals surface area contributed by atoms with Crippen LogP contribution in [0.1, 0.15) is 0 Å². The summed E-state index contributed by atoms with van der Waals surface area (Å²) >= 11 is 11.5. The minimum Gasteiger partial charge on any atom is -0.506 e. The van der Waals surface area contributed by atoms with Gasteiger partial charge in [0.15, 0.2) is 0 Å². The molecular formula is C11H8Cl2N2O3S. The first-order valence-electron chi connectivity index (χ1n) is 5.01. The third-order valence-corrected chi connectivity index (χ3v) is 4.38. The average Bonchev–Trinajstić information content (AvgIpc) is 2.34. The summed E-state index contributed by atoms with van der Waals surface area (Å²) < 4.78 is 26.5. The smallest absolute Gasteiger partial charge is 0.264 e. The van der Waals surface area contributed by atoms with E-state index in [9.17, 15) is 13.5 Å². The molecule has 0 spiro atoms. The fourth-order valence-corrected chi connectivity index (χ4v) is 3.00. The van der Waals surface area contributed by atoms with Crippen molar-refractivity contribution in [2.75, 3.05) is 4.72 Å². The van der Waals surface area contributed by atoms with Gasteiger partial charge >= 0.3 is 0 Å². The Bertz CT molecular complexity index is 720. The molecule has 0 bridgehead atoms. The maximum absolute atomic E-state index is 12.1. The molecule has 8 heteroatoms. The van der Waals surface area contributed by atoms with Crippen LogP contribution in [0.2, 0.25) is 10.0 Å². The lowest BCUT2D eigenvalue weighted by atomic mass is 10.3. The lowest BCUT2D eigenvalue weighted by Gasteiger charge is -2.09. The first-order chi connectivity index (χ1) is 8.90. The number of phenols is 1. The molecule has 1 aromatic heterocycles. The molecule has 2 N–H and O–H groups in total. The molecule has 19 heavy (non-hydrogen) atoms. The van der Waals surface area contributed by atoms with Crippen LogP contribution in [0.3, 0.4) is 0 Å². The second kappa shape index (κ2) is 5.24. The third kappa shape index (κ3) is 3.09. The van der Waals surface area contributed by atoms with E-state index in [1.807, 2.05) is 0 Å². The Morgan fingerprint density at radius 2 is 1.89 bits per heavy atom. The summed E-state index contributed by atoms with van der Waals surface area (Å²) in [6, 6.07) is 5.33. The zero-order chi connectivity index (χ0) is 14.0. The Morgan fingerprint density at radius 1 is 1.16 bits per heavy atom. The van der Waals surface area contributed by atoms with Crippen LogP contribution < -0.4 is 4.72 Å². The number of hydrogen-bond donors (Lipinski definition) is 2. The number of nitrogens with zero attached hydrogens (tertiary/aromatic N) is 1. The highest BCUT2D eigenvalue weighted by Crippen LogP contribution is 2.28. The zero-order valence-electron chi connectivity index (χ0n) is 9.34. The molecule has 0 unspecified atom stereocenters. The normalized spacial score (nSPS) is 11.3. The molecule has 5 nitrogen and oxygen atoms in total. The predicted molar refractivity (Wildman–Crippen MR) is 73.2 cm³/mol. The Kier molecular flexibility index (Phi) is 3.84. The van der Waals surface area contributed by atoms with Gasteiger partial charge in [-0.25, -0.2) is 8.42 Å². The van der Waals surface area contributed by atoms with Gasteiger partial charge in [0.05, 0.1) is 15.7 Å². The first kappa shape index (κ1) is 13.9. The van der Waals surface area contributed by atoms with Gasteiger partial charge in [0.25, 0.3) is 10.0 Å². The fraction of sp³-hybridized carbons (Fsp3) is 0. The minimum absolute atomic E-state index is 0.0393. The maximum Gasteiger partial charge on any atom is 0.264 e. The average molecular weight is 319 g/mol. The number of anilines is 1. The molecule has 0 saturated carbocycles. The SMILES string of the molecule is O=S(=O)(Nc1ccc(O)c(Cl)c1)c1cnccc1Cl. The van der Waals surface area contributed by atoms with Crippen LogP contribution in [0.15, 0.2) is 41.6 Å². The van der Waals surface area contributed by atoms with E-state index in [1.165, 1.54) is 30.5 Å². The quantitative estimate of drug-likeness (QED) is 0.853. The molecule has 100 valence electrons. The van der Waals surface area contributed by atoms with Gasteiger partial charge in [-0.15, -0.1) is 0 Å². The van der Waals surface area contributed by atoms with Crippen LogP contribution in [0.5, 0.6) is 5.75 Å². The number of aromatic nitrogens is 1. The van der Waals surface area contributed by atoms with Gasteiger partial charge in [-0.1, -0.05) is 23.2 Å². The van der Waals surface area contributed by atoms with Gasteiger partial charge in [0, 0.05) is 12.4 Å². The van der Waals surface area contributed by atoms with E-state index in [2.05, 4.69) is 9.71 Å². The molecule has 0 aliphatic carbocycles. The van der Waals surface area contributed by atoms with Crippen LogP contribution in [-0.2, 0) is 10.0 Å². The summed E-state index contributed by atoms with van der Waals surface area (Å²) in [6.45, 7) is 0. The van der Waals surface area contributed by atoms with Crippen LogP contribution in [-0.4, -0.2) is 18.5 Å². The lowest BCUT2D eigenvalue weighted by molar-refractivity contribution is 0.475. The van der Waals surface area contributed by atoms with Gasteiger partial charge in [-0.05, 0) is 24.3 Å². The second-order valence-electron chi connectivity index (χ2n) is 3.58. The summed E-state index contributed by atoms with van der Waals surface area (Å²) in [7, 11) is -3.86. The molecule has 0 aliphatic heterocycles. The van der Waals surface area contributed by atoms with Crippen LogP contribution in [0, 0.1) is 0 Å². The highest BCUT2D eigenvalue weighted by molar-refractivity contribution is 7.92. The van der Waals surface area contributed by atoms with Crippen molar-refractivity contribution in [1.29, 1.82) is 0 Å². The molecule has 2 rings (SSSR count). The van der Waals surface area contributed by atoms with Crippen LogP contribution in [0.4, 0.5) is 5.69 Å². The Morgan fingerprint density at radius 3 is 2.53 bits per heavy atom. The van der Waals surface area contributed by atoms with Gasteiger partial charge in [-0.2, -0.15) is 0 Å². The largest absolute Gasteiger partial charge is 0.506 e. The third-order valence-electron chi connectivity index (χ3n) is 2.22. The van der Waals surface area contributed by atoms with Crippen molar-refractivity contribution in [1.82, 2.24) is 4.98 Å². The van der Waals surface area contributed by atoms with Crippen LogP contribution >= 0.6 is 23.2 Å². The van der Waals surface area contributed by atoms with E-state index in [-0.39, 0.29) is 26.4 Å². The zero-order valence-corrected chi connectivity index (χ0v) is 11.7. The van der Waals surface area contributed by atoms with Gasteiger partial charge in [-0.3, -0.25) is 9.71 Å². The Balaban J connectivity index is 2.37. The fourth-order valence-electron chi connectivity index (χ4n) is 1.34. The molecule has 1 aromatic carbocycles. The van der Waals surface area contributed by atoms with Crippen molar-refractivity contribution >= 4 is 38.9 Å². The van der Waals surface area contributed by atoms with Crippen molar-refractivity contribution in [3.63, 3.8) is 0 Å². The number of aromatic hydroxyl groups is 1. The molecule has 0 fully saturated rings. The number of phenolic OH excluding ortho intramolecular Hbond substituents is 1. The van der Waals surface area contributed by atoms with Gasteiger partial charge in [0.2, 0.25) is 0 Å². The predicted octanol–water partition coefficient (Wildman–Crippen LogP) is 2.89. The van der Waals surface area contributed by atoms with Gasteiger partial charge < -0.3 is 5.11 Å². The van der Waals surface area contributed by atoms with E-state index in [1.54, 1.807) is 0 Å². The van der Waals surface area contributed by atoms with E-state index >= 15 is 0 Å². The molecule has 0 aliphatic rings. The first-order valence-corrected chi connectivity index (χ1v) is 7.25. The van der Waals surface area contributed by atoms with Gasteiger partial charge in [0.1, 0.15) is 10.6 Å². The van der Waals surface area contributed by atoms with E-state index in [0.29, 0.717) is 0 Å². The highest BCUT2D eigenvalue weighted by atomic mass is 35.5. The topological polar surface area (TPSA) is 79.3 Å². The molecule has 0 amide bonds.